The number of carbonyl (C=O) groups excluding carboxylic acids is 2. The lowest BCUT2D eigenvalue weighted by molar-refractivity contribution is -0.116. The fourth-order valence-corrected chi connectivity index (χ4v) is 3.99. The molecule has 1 amide bonds. The van der Waals surface area contributed by atoms with Gasteiger partial charge in [0, 0.05) is 10.9 Å². The third-order valence-electron chi connectivity index (χ3n) is 4.37. The number of rotatable bonds is 7. The van der Waals surface area contributed by atoms with Crippen molar-refractivity contribution >= 4 is 39.1 Å². The van der Waals surface area contributed by atoms with E-state index in [4.69, 9.17) is 14.2 Å². The lowest BCUT2D eigenvalue weighted by atomic mass is 10.2. The van der Waals surface area contributed by atoms with Crippen LogP contribution in [-0.4, -0.2) is 37.8 Å². The van der Waals surface area contributed by atoms with E-state index in [9.17, 15) is 9.59 Å². The van der Waals surface area contributed by atoms with Crippen molar-refractivity contribution in [2.45, 2.75) is 19.9 Å². The number of anilines is 1. The molecule has 0 aliphatic heterocycles. The normalized spacial score (nSPS) is 10.7. The van der Waals surface area contributed by atoms with Crippen LogP contribution in [0.1, 0.15) is 22.3 Å². The fraction of sp³-hybridized carbons (Fsp3) is 0.300. The maximum Gasteiger partial charge on any atom is 0.354 e. The molecule has 0 atom stereocenters. The summed E-state index contributed by atoms with van der Waals surface area (Å²) >= 11 is 1.61. The minimum absolute atomic E-state index is 0.0248. The van der Waals surface area contributed by atoms with Crippen molar-refractivity contribution in [3.8, 4) is 11.5 Å². The fourth-order valence-electron chi connectivity index (χ4n) is 2.95. The first-order chi connectivity index (χ1) is 13.5. The van der Waals surface area contributed by atoms with Crippen LogP contribution in [0.2, 0.25) is 0 Å². The monoisotopic (exact) mass is 402 g/mol. The van der Waals surface area contributed by atoms with Gasteiger partial charge in [-0.25, -0.2) is 4.79 Å². The minimum Gasteiger partial charge on any atom is -0.497 e. The molecule has 2 aromatic heterocycles. The van der Waals surface area contributed by atoms with Gasteiger partial charge in [-0.1, -0.05) is 6.92 Å². The van der Waals surface area contributed by atoms with Crippen LogP contribution in [0.25, 0.3) is 10.2 Å². The zero-order valence-electron chi connectivity index (χ0n) is 16.2. The second-order valence-corrected chi connectivity index (χ2v) is 7.21. The molecule has 0 aliphatic carbocycles. The minimum atomic E-state index is -0.476. The van der Waals surface area contributed by atoms with Crippen LogP contribution in [-0.2, 0) is 22.5 Å². The number of aryl methyl sites for hydroxylation is 1. The lowest BCUT2D eigenvalue weighted by Gasteiger charge is -2.13. The number of thiophene rings is 1. The van der Waals surface area contributed by atoms with E-state index in [1.165, 1.54) is 19.1 Å². The topological polar surface area (TPSA) is 78.8 Å². The number of fused-ring (bicyclic) bond motifs is 1. The van der Waals surface area contributed by atoms with Gasteiger partial charge in [-0.2, -0.15) is 0 Å². The molecule has 2 heterocycles. The van der Waals surface area contributed by atoms with Crippen molar-refractivity contribution in [3.63, 3.8) is 0 Å². The Morgan fingerprint density at radius 2 is 1.89 bits per heavy atom. The Labute approximate surface area is 166 Å². The maximum absolute atomic E-state index is 12.7. The average Bonchev–Trinajstić information content (AvgIpc) is 3.26. The quantitative estimate of drug-likeness (QED) is 0.610. The summed E-state index contributed by atoms with van der Waals surface area (Å²) in [5.74, 6) is 0.356. The van der Waals surface area contributed by atoms with Crippen LogP contribution < -0.4 is 14.8 Å². The molecule has 148 valence electrons. The standard InChI is InChI=1S/C20H22N2O5S/c1-5-13-9-15-18(28-13)10-16(20(24)27-4)22(15)11-19(23)21-14-7-6-12(25-2)8-17(14)26-3/h6-10H,5,11H2,1-4H3,(H,21,23). The predicted octanol–water partition coefficient (Wildman–Crippen LogP) is 3.71. The summed E-state index contributed by atoms with van der Waals surface area (Å²) in [5.41, 5.74) is 1.72. The van der Waals surface area contributed by atoms with Gasteiger partial charge < -0.3 is 24.1 Å². The van der Waals surface area contributed by atoms with Crippen LogP contribution in [0.4, 0.5) is 5.69 Å². The first-order valence-electron chi connectivity index (χ1n) is 8.72. The smallest absolute Gasteiger partial charge is 0.354 e. The Hall–Kier alpha value is -3.00. The lowest BCUT2D eigenvalue weighted by Crippen LogP contribution is -2.22. The number of nitrogens with one attached hydrogen (secondary N) is 1. The van der Waals surface area contributed by atoms with E-state index in [-0.39, 0.29) is 12.5 Å². The molecule has 1 N–H and O–H groups in total. The molecule has 28 heavy (non-hydrogen) atoms. The van der Waals surface area contributed by atoms with Gasteiger partial charge in [-0.15, -0.1) is 11.3 Å². The summed E-state index contributed by atoms with van der Waals surface area (Å²) in [6.07, 6.45) is 0.891. The van der Waals surface area contributed by atoms with Gasteiger partial charge in [-0.3, -0.25) is 4.79 Å². The number of methoxy groups -OCH3 is 3. The number of esters is 1. The van der Waals surface area contributed by atoms with Crippen molar-refractivity contribution in [1.29, 1.82) is 0 Å². The highest BCUT2D eigenvalue weighted by atomic mass is 32.1. The summed E-state index contributed by atoms with van der Waals surface area (Å²) in [5, 5.41) is 2.83. The molecule has 8 heteroatoms. The van der Waals surface area contributed by atoms with Gasteiger partial charge in [0.2, 0.25) is 5.91 Å². The van der Waals surface area contributed by atoms with Crippen LogP contribution in [0.15, 0.2) is 30.3 Å². The van der Waals surface area contributed by atoms with Crippen molar-refractivity contribution < 1.29 is 23.8 Å². The number of amides is 1. The number of benzene rings is 1. The average molecular weight is 402 g/mol. The molecule has 7 nitrogen and oxygen atoms in total. The molecule has 3 aromatic rings. The van der Waals surface area contributed by atoms with Gasteiger partial charge >= 0.3 is 5.97 Å². The zero-order valence-corrected chi connectivity index (χ0v) is 17.0. The molecule has 0 spiro atoms. The zero-order chi connectivity index (χ0) is 20.3. The summed E-state index contributed by atoms with van der Waals surface area (Å²) in [6, 6.07) is 8.91. The van der Waals surface area contributed by atoms with Crippen molar-refractivity contribution in [1.82, 2.24) is 4.57 Å². The van der Waals surface area contributed by atoms with E-state index in [1.54, 1.807) is 47.3 Å². The van der Waals surface area contributed by atoms with Crippen molar-refractivity contribution in [3.05, 3.63) is 40.9 Å². The number of hydrogen-bond acceptors (Lipinski definition) is 6. The van der Waals surface area contributed by atoms with Gasteiger partial charge in [0.15, 0.2) is 0 Å². The molecule has 0 aliphatic rings. The number of aromatic nitrogens is 1. The summed E-state index contributed by atoms with van der Waals surface area (Å²) in [7, 11) is 4.41. The second kappa shape index (κ2) is 8.35. The summed E-state index contributed by atoms with van der Waals surface area (Å²) < 4.78 is 18.0. The molecular formula is C20H22N2O5S. The molecule has 3 rings (SSSR count). The van der Waals surface area contributed by atoms with E-state index >= 15 is 0 Å². The van der Waals surface area contributed by atoms with Gasteiger partial charge in [0.1, 0.15) is 23.7 Å². The number of nitrogens with zero attached hydrogens (tertiary/aromatic N) is 1. The van der Waals surface area contributed by atoms with E-state index in [1.807, 2.05) is 6.07 Å². The molecular weight excluding hydrogens is 380 g/mol. The van der Waals surface area contributed by atoms with E-state index < -0.39 is 5.97 Å². The number of carbonyl (C=O) groups is 2. The highest BCUT2D eigenvalue weighted by Crippen LogP contribution is 2.31. The molecule has 0 bridgehead atoms. The molecule has 0 radical (unpaired) electrons. The van der Waals surface area contributed by atoms with E-state index in [0.29, 0.717) is 22.9 Å². The molecule has 0 unspecified atom stereocenters. The van der Waals surface area contributed by atoms with Gasteiger partial charge in [-0.05, 0) is 30.7 Å². The number of ether oxygens (including phenoxy) is 3. The first kappa shape index (κ1) is 19.8. The van der Waals surface area contributed by atoms with E-state index in [0.717, 1.165) is 16.6 Å². The van der Waals surface area contributed by atoms with Crippen molar-refractivity contribution in [2.24, 2.45) is 0 Å². The van der Waals surface area contributed by atoms with Crippen LogP contribution in [0.5, 0.6) is 11.5 Å². The molecule has 0 saturated carbocycles. The SMILES string of the molecule is CCc1cc2c(cc(C(=O)OC)n2CC(=O)Nc2ccc(OC)cc2OC)s1. The van der Waals surface area contributed by atoms with Crippen LogP contribution >= 0.6 is 11.3 Å². The van der Waals surface area contributed by atoms with Crippen molar-refractivity contribution in [2.75, 3.05) is 26.6 Å². The van der Waals surface area contributed by atoms with Crippen LogP contribution in [0, 0.1) is 0 Å². The Balaban J connectivity index is 1.90. The molecule has 0 saturated heterocycles. The molecule has 0 fully saturated rings. The number of hydrogen-bond donors (Lipinski definition) is 1. The predicted molar refractivity (Wildman–Crippen MR) is 109 cm³/mol. The third-order valence-corrected chi connectivity index (χ3v) is 5.58. The van der Waals surface area contributed by atoms with E-state index in [2.05, 4.69) is 12.2 Å². The third kappa shape index (κ3) is 3.82. The first-order valence-corrected chi connectivity index (χ1v) is 9.54. The largest absolute Gasteiger partial charge is 0.497 e. The Morgan fingerprint density at radius 3 is 2.54 bits per heavy atom. The van der Waals surface area contributed by atoms with Gasteiger partial charge in [0.25, 0.3) is 0 Å². The summed E-state index contributed by atoms with van der Waals surface area (Å²) in [6.45, 7) is 2.04. The Kier molecular flexibility index (Phi) is 5.89. The second-order valence-electron chi connectivity index (χ2n) is 6.04. The highest BCUT2D eigenvalue weighted by Gasteiger charge is 2.20. The Morgan fingerprint density at radius 1 is 1.11 bits per heavy atom. The summed E-state index contributed by atoms with van der Waals surface area (Å²) in [4.78, 5) is 26.1. The Bertz CT molecular complexity index is 1020. The highest BCUT2D eigenvalue weighted by molar-refractivity contribution is 7.19. The van der Waals surface area contributed by atoms with Crippen LogP contribution in [0.3, 0.4) is 0 Å². The molecule has 1 aromatic carbocycles. The maximum atomic E-state index is 12.7. The van der Waals surface area contributed by atoms with Gasteiger partial charge in [0.05, 0.1) is 37.2 Å².